The van der Waals surface area contributed by atoms with Crippen LogP contribution in [0.1, 0.15) is 10.6 Å². The van der Waals surface area contributed by atoms with Crippen molar-refractivity contribution in [2.24, 2.45) is 5.10 Å². The first-order valence-corrected chi connectivity index (χ1v) is 9.35. The molecule has 0 spiro atoms. The summed E-state index contributed by atoms with van der Waals surface area (Å²) in [5.41, 5.74) is 8.95. The zero-order valence-electron chi connectivity index (χ0n) is 15.2. The van der Waals surface area contributed by atoms with Gasteiger partial charge in [-0.25, -0.2) is 5.43 Å². The number of hydrogen-bond donors (Lipinski definition) is 2. The molecule has 12 heteroatoms. The fraction of sp³-hybridized carbons (Fsp3) is 0.375. The maximum Gasteiger partial charge on any atom is 0.293 e. The SMILES string of the molecule is CN1CCN(c2ccc(/C=N\NC(=O)Cc3nnc(N)s3)cc2[N+](=O)[O-])CC1. The zero-order valence-corrected chi connectivity index (χ0v) is 16.1. The van der Waals surface area contributed by atoms with Crippen LogP contribution >= 0.6 is 11.3 Å². The largest absolute Gasteiger partial charge is 0.374 e. The molecule has 11 nitrogen and oxygen atoms in total. The minimum Gasteiger partial charge on any atom is -0.374 e. The fourth-order valence-corrected chi connectivity index (χ4v) is 3.38. The van der Waals surface area contributed by atoms with Crippen LogP contribution in [0.4, 0.5) is 16.5 Å². The van der Waals surface area contributed by atoms with Gasteiger partial charge in [-0.3, -0.25) is 14.9 Å². The maximum absolute atomic E-state index is 11.8. The normalized spacial score (nSPS) is 15.1. The molecule has 1 aromatic heterocycles. The lowest BCUT2D eigenvalue weighted by Crippen LogP contribution is -2.44. The van der Waals surface area contributed by atoms with Crippen LogP contribution in [0.25, 0.3) is 0 Å². The lowest BCUT2D eigenvalue weighted by molar-refractivity contribution is -0.384. The van der Waals surface area contributed by atoms with Crippen molar-refractivity contribution in [1.29, 1.82) is 0 Å². The summed E-state index contributed by atoms with van der Waals surface area (Å²) >= 11 is 1.13. The van der Waals surface area contributed by atoms with E-state index in [1.807, 2.05) is 11.9 Å². The summed E-state index contributed by atoms with van der Waals surface area (Å²) in [6.07, 6.45) is 1.38. The van der Waals surface area contributed by atoms with Crippen LogP contribution in [0.2, 0.25) is 0 Å². The standard InChI is InChI=1S/C16H20N8O3S/c1-22-4-6-23(7-5-22)12-3-2-11(8-13(12)24(26)27)10-18-19-14(25)9-15-20-21-16(17)28-15/h2-3,8,10H,4-7,9H2,1H3,(H2,17,21)(H,19,25)/b18-10-. The topological polar surface area (TPSA) is 143 Å². The number of amides is 1. The number of anilines is 2. The van der Waals surface area contributed by atoms with Crippen LogP contribution in [0, 0.1) is 10.1 Å². The highest BCUT2D eigenvalue weighted by Gasteiger charge is 2.22. The van der Waals surface area contributed by atoms with Crippen molar-refractivity contribution in [3.8, 4) is 0 Å². The second-order valence-corrected chi connectivity index (χ2v) is 7.39. The van der Waals surface area contributed by atoms with E-state index in [4.69, 9.17) is 5.73 Å². The second kappa shape index (κ2) is 8.71. The number of rotatable bonds is 6. The van der Waals surface area contributed by atoms with Gasteiger partial charge in [0.15, 0.2) is 0 Å². The zero-order chi connectivity index (χ0) is 20.1. The summed E-state index contributed by atoms with van der Waals surface area (Å²) in [5, 5.41) is 23.5. The third-order valence-electron chi connectivity index (χ3n) is 4.24. The first-order valence-electron chi connectivity index (χ1n) is 8.54. The molecule has 28 heavy (non-hydrogen) atoms. The molecular weight excluding hydrogens is 384 g/mol. The molecule has 148 valence electrons. The average molecular weight is 404 g/mol. The Labute approximate surface area is 165 Å². The van der Waals surface area contributed by atoms with E-state index in [9.17, 15) is 14.9 Å². The third-order valence-corrected chi connectivity index (χ3v) is 4.99. The number of likely N-dealkylation sites (N-methyl/N-ethyl adjacent to an activating group) is 1. The molecule has 0 unspecified atom stereocenters. The number of aromatic nitrogens is 2. The van der Waals surface area contributed by atoms with Crippen molar-refractivity contribution < 1.29 is 9.72 Å². The summed E-state index contributed by atoms with van der Waals surface area (Å²) in [4.78, 5) is 27.1. The van der Waals surface area contributed by atoms with Crippen molar-refractivity contribution >= 4 is 40.0 Å². The van der Waals surface area contributed by atoms with E-state index in [0.717, 1.165) is 37.5 Å². The van der Waals surface area contributed by atoms with Gasteiger partial charge in [0.2, 0.25) is 11.0 Å². The summed E-state index contributed by atoms with van der Waals surface area (Å²) in [6, 6.07) is 4.91. The molecule has 0 radical (unpaired) electrons. The Morgan fingerprint density at radius 2 is 2.14 bits per heavy atom. The van der Waals surface area contributed by atoms with E-state index in [1.54, 1.807) is 12.1 Å². The second-order valence-electron chi connectivity index (χ2n) is 6.30. The van der Waals surface area contributed by atoms with Crippen LogP contribution in [-0.2, 0) is 11.2 Å². The smallest absolute Gasteiger partial charge is 0.293 e. The number of nitro benzene ring substituents is 1. The number of nitro groups is 1. The summed E-state index contributed by atoms with van der Waals surface area (Å²) in [5.74, 6) is -0.379. The van der Waals surface area contributed by atoms with Crippen LogP contribution in [-0.4, -0.2) is 65.4 Å². The number of hydrazone groups is 1. The molecule has 1 saturated heterocycles. The Balaban J connectivity index is 1.65. The molecule has 0 bridgehead atoms. The van der Waals surface area contributed by atoms with Crippen LogP contribution < -0.4 is 16.1 Å². The first-order chi connectivity index (χ1) is 13.4. The van der Waals surface area contributed by atoms with Gasteiger partial charge in [-0.1, -0.05) is 17.4 Å². The number of nitrogen functional groups attached to an aromatic ring is 1. The molecule has 1 amide bonds. The van der Waals surface area contributed by atoms with E-state index in [0.29, 0.717) is 21.4 Å². The predicted molar refractivity (Wildman–Crippen MR) is 107 cm³/mol. The van der Waals surface area contributed by atoms with Crippen molar-refractivity contribution in [2.45, 2.75) is 6.42 Å². The summed E-state index contributed by atoms with van der Waals surface area (Å²) < 4.78 is 0. The number of carbonyl (C=O) groups excluding carboxylic acids is 1. The maximum atomic E-state index is 11.8. The number of hydrogen-bond acceptors (Lipinski definition) is 10. The molecule has 0 saturated carbocycles. The van der Waals surface area contributed by atoms with E-state index in [-0.39, 0.29) is 18.0 Å². The van der Waals surface area contributed by atoms with Crippen molar-refractivity contribution in [3.05, 3.63) is 38.9 Å². The molecule has 1 aliphatic rings. The van der Waals surface area contributed by atoms with Gasteiger partial charge in [0.1, 0.15) is 10.7 Å². The number of nitrogens with two attached hydrogens (primary N) is 1. The van der Waals surface area contributed by atoms with Crippen LogP contribution in [0.3, 0.4) is 0 Å². The van der Waals surface area contributed by atoms with Crippen molar-refractivity contribution in [1.82, 2.24) is 20.5 Å². The molecule has 2 heterocycles. The molecule has 3 N–H and O–H groups in total. The van der Waals surface area contributed by atoms with Gasteiger partial charge in [0, 0.05) is 37.8 Å². The van der Waals surface area contributed by atoms with Gasteiger partial charge >= 0.3 is 0 Å². The van der Waals surface area contributed by atoms with Gasteiger partial charge < -0.3 is 15.5 Å². The lowest BCUT2D eigenvalue weighted by Gasteiger charge is -2.33. The van der Waals surface area contributed by atoms with Gasteiger partial charge in [-0.15, -0.1) is 10.2 Å². The van der Waals surface area contributed by atoms with Gasteiger partial charge in [0.05, 0.1) is 17.6 Å². The van der Waals surface area contributed by atoms with Crippen molar-refractivity contribution in [3.63, 3.8) is 0 Å². The number of piperazine rings is 1. The van der Waals surface area contributed by atoms with E-state index >= 15 is 0 Å². The summed E-state index contributed by atoms with van der Waals surface area (Å²) in [6.45, 7) is 3.17. The highest BCUT2D eigenvalue weighted by Crippen LogP contribution is 2.29. The minimum absolute atomic E-state index is 0.00863. The van der Waals surface area contributed by atoms with Gasteiger partial charge in [-0.05, 0) is 13.1 Å². The van der Waals surface area contributed by atoms with E-state index in [1.165, 1.54) is 12.3 Å². The minimum atomic E-state index is -0.399. The number of nitrogens with one attached hydrogen (secondary N) is 1. The molecule has 2 aromatic rings. The third kappa shape index (κ3) is 4.98. The quantitative estimate of drug-likeness (QED) is 0.402. The average Bonchev–Trinajstić information content (AvgIpc) is 3.07. The Hall–Kier alpha value is -3.12. The predicted octanol–water partition coefficient (Wildman–Crippen LogP) is 0.473. The Morgan fingerprint density at radius 3 is 2.79 bits per heavy atom. The first kappa shape index (κ1) is 19.6. The monoisotopic (exact) mass is 404 g/mol. The Kier molecular flexibility index (Phi) is 6.11. The fourth-order valence-electron chi connectivity index (χ4n) is 2.78. The molecule has 1 fully saturated rings. The molecular formula is C16H20N8O3S. The molecule has 0 atom stereocenters. The molecule has 1 aliphatic heterocycles. The van der Waals surface area contributed by atoms with Gasteiger partial charge in [0.25, 0.3) is 5.69 Å². The molecule has 0 aliphatic carbocycles. The van der Waals surface area contributed by atoms with Gasteiger partial charge in [-0.2, -0.15) is 5.10 Å². The Bertz CT molecular complexity index is 892. The van der Waals surface area contributed by atoms with E-state index in [2.05, 4.69) is 25.6 Å². The number of benzene rings is 1. The molecule has 1 aromatic carbocycles. The van der Waals surface area contributed by atoms with E-state index < -0.39 is 4.92 Å². The number of carbonyl (C=O) groups is 1. The lowest BCUT2D eigenvalue weighted by atomic mass is 10.1. The highest BCUT2D eigenvalue weighted by atomic mass is 32.1. The summed E-state index contributed by atoms with van der Waals surface area (Å²) in [7, 11) is 2.03. The Morgan fingerprint density at radius 1 is 1.39 bits per heavy atom. The van der Waals surface area contributed by atoms with Crippen LogP contribution in [0.5, 0.6) is 0 Å². The van der Waals surface area contributed by atoms with Crippen molar-refractivity contribution in [2.75, 3.05) is 43.9 Å². The highest BCUT2D eigenvalue weighted by molar-refractivity contribution is 7.15. The number of nitrogens with zero attached hydrogens (tertiary/aromatic N) is 6. The van der Waals surface area contributed by atoms with Crippen LogP contribution in [0.15, 0.2) is 23.3 Å². The molecule has 3 rings (SSSR count).